The topological polar surface area (TPSA) is 55.6 Å². The monoisotopic (exact) mass is 290 g/mol. The van der Waals surface area contributed by atoms with Gasteiger partial charge < -0.3 is 14.2 Å². The van der Waals surface area contributed by atoms with Gasteiger partial charge in [-0.05, 0) is 31.6 Å². The summed E-state index contributed by atoms with van der Waals surface area (Å²) in [7, 11) is 0. The van der Waals surface area contributed by atoms with Crippen LogP contribution in [0.15, 0.2) is 10.6 Å². The number of carbonyl (C=O) groups is 1. The summed E-state index contributed by atoms with van der Waals surface area (Å²) in [6.45, 7) is 4.52. The Balaban J connectivity index is 1.43. The van der Waals surface area contributed by atoms with E-state index in [0.29, 0.717) is 24.1 Å². The summed E-state index contributed by atoms with van der Waals surface area (Å²) in [6.07, 6.45) is 5.50. The number of ether oxygens (including phenoxy) is 1. The lowest BCUT2D eigenvalue weighted by molar-refractivity contribution is 0.0115. The van der Waals surface area contributed by atoms with Crippen molar-refractivity contribution in [2.75, 3.05) is 19.7 Å². The van der Waals surface area contributed by atoms with Crippen LogP contribution in [0.2, 0.25) is 0 Å². The van der Waals surface area contributed by atoms with Gasteiger partial charge in [0.2, 0.25) is 0 Å². The largest absolute Gasteiger partial charge is 0.373 e. The number of likely N-dealkylation sites (tertiary alicyclic amines) is 1. The number of rotatable bonds is 3. The lowest BCUT2D eigenvalue weighted by Gasteiger charge is -2.23. The van der Waals surface area contributed by atoms with Gasteiger partial charge in [-0.1, -0.05) is 18.5 Å². The minimum atomic E-state index is -0.0978. The molecule has 5 heteroatoms. The molecule has 2 aliphatic heterocycles. The average molecular weight is 290 g/mol. The molecule has 2 saturated heterocycles. The van der Waals surface area contributed by atoms with Crippen molar-refractivity contribution in [3.8, 4) is 0 Å². The zero-order chi connectivity index (χ0) is 14.4. The molecule has 1 spiro atoms. The van der Waals surface area contributed by atoms with E-state index >= 15 is 0 Å². The Morgan fingerprint density at radius 1 is 1.52 bits per heavy atom. The maximum absolute atomic E-state index is 12.5. The van der Waals surface area contributed by atoms with E-state index in [-0.39, 0.29) is 11.5 Å². The summed E-state index contributed by atoms with van der Waals surface area (Å²) < 4.78 is 11.3. The summed E-state index contributed by atoms with van der Waals surface area (Å²) >= 11 is 0. The van der Waals surface area contributed by atoms with E-state index in [1.54, 1.807) is 0 Å². The number of hydrogen-bond donors (Lipinski definition) is 0. The molecule has 4 rings (SSSR count). The second-order valence-electron chi connectivity index (χ2n) is 6.84. The number of carbonyl (C=O) groups excluding carboxylic acids is 1. The number of nitrogens with zero attached hydrogens (tertiary/aromatic N) is 2. The van der Waals surface area contributed by atoms with Crippen molar-refractivity contribution in [3.63, 3.8) is 0 Å². The van der Waals surface area contributed by atoms with E-state index in [1.807, 2.05) is 11.0 Å². The molecule has 1 aromatic heterocycles. The molecule has 1 amide bonds. The van der Waals surface area contributed by atoms with Crippen LogP contribution in [-0.2, 0) is 4.74 Å². The Kier molecular flexibility index (Phi) is 3.06. The zero-order valence-electron chi connectivity index (χ0n) is 12.5. The summed E-state index contributed by atoms with van der Waals surface area (Å²) in [5, 5.41) is 3.96. The van der Waals surface area contributed by atoms with E-state index in [0.717, 1.165) is 51.0 Å². The lowest BCUT2D eigenvalue weighted by Crippen LogP contribution is -2.35. The first-order chi connectivity index (χ1) is 10.2. The molecule has 3 fully saturated rings. The van der Waals surface area contributed by atoms with Gasteiger partial charge in [0.25, 0.3) is 5.91 Å². The van der Waals surface area contributed by atoms with Gasteiger partial charge >= 0.3 is 0 Å². The van der Waals surface area contributed by atoms with Crippen molar-refractivity contribution in [2.45, 2.75) is 50.5 Å². The van der Waals surface area contributed by atoms with Crippen LogP contribution in [0.4, 0.5) is 0 Å². The Labute approximate surface area is 124 Å². The SMILES string of the molecule is CCC1COC2(CCN(C(=O)c3cc(C4CC4)on3)C2)C1. The molecule has 5 nitrogen and oxygen atoms in total. The van der Waals surface area contributed by atoms with Crippen LogP contribution >= 0.6 is 0 Å². The van der Waals surface area contributed by atoms with Crippen LogP contribution in [0.5, 0.6) is 0 Å². The zero-order valence-corrected chi connectivity index (χ0v) is 12.5. The predicted molar refractivity (Wildman–Crippen MR) is 76.1 cm³/mol. The number of aromatic nitrogens is 1. The highest BCUT2D eigenvalue weighted by Crippen LogP contribution is 2.41. The van der Waals surface area contributed by atoms with Crippen molar-refractivity contribution in [2.24, 2.45) is 5.92 Å². The van der Waals surface area contributed by atoms with Gasteiger partial charge in [-0.25, -0.2) is 0 Å². The highest BCUT2D eigenvalue weighted by atomic mass is 16.5. The van der Waals surface area contributed by atoms with Crippen molar-refractivity contribution in [1.29, 1.82) is 0 Å². The molecule has 1 aliphatic carbocycles. The van der Waals surface area contributed by atoms with Crippen molar-refractivity contribution in [3.05, 3.63) is 17.5 Å². The molecule has 0 bridgehead atoms. The van der Waals surface area contributed by atoms with Gasteiger partial charge in [0.15, 0.2) is 5.69 Å². The van der Waals surface area contributed by atoms with E-state index in [4.69, 9.17) is 9.26 Å². The Bertz CT molecular complexity index is 551. The summed E-state index contributed by atoms with van der Waals surface area (Å²) in [5.74, 6) is 2.00. The second kappa shape index (κ2) is 4.83. The Morgan fingerprint density at radius 3 is 3.10 bits per heavy atom. The van der Waals surface area contributed by atoms with Crippen molar-refractivity contribution < 1.29 is 14.1 Å². The molecule has 0 aromatic carbocycles. The molecule has 21 heavy (non-hydrogen) atoms. The molecule has 3 aliphatic rings. The van der Waals surface area contributed by atoms with Gasteiger partial charge in [0, 0.05) is 18.5 Å². The second-order valence-corrected chi connectivity index (χ2v) is 6.84. The van der Waals surface area contributed by atoms with Gasteiger partial charge in [-0.3, -0.25) is 4.79 Å². The fraction of sp³-hybridized carbons (Fsp3) is 0.750. The maximum Gasteiger partial charge on any atom is 0.276 e. The molecule has 2 unspecified atom stereocenters. The normalized spacial score (nSPS) is 32.2. The minimum absolute atomic E-state index is 0.00827. The van der Waals surface area contributed by atoms with Crippen LogP contribution in [-0.4, -0.2) is 41.3 Å². The van der Waals surface area contributed by atoms with Crippen LogP contribution in [0.3, 0.4) is 0 Å². The molecule has 0 radical (unpaired) electrons. The fourth-order valence-corrected chi connectivity index (χ4v) is 3.62. The number of amides is 1. The molecular weight excluding hydrogens is 268 g/mol. The molecule has 1 saturated carbocycles. The lowest BCUT2D eigenvalue weighted by atomic mass is 9.92. The maximum atomic E-state index is 12.5. The van der Waals surface area contributed by atoms with Crippen LogP contribution in [0, 0.1) is 5.92 Å². The van der Waals surface area contributed by atoms with Crippen LogP contribution < -0.4 is 0 Å². The average Bonchev–Trinajstić information content (AvgIpc) is 2.95. The first-order valence-corrected chi connectivity index (χ1v) is 8.09. The quantitative estimate of drug-likeness (QED) is 0.858. The predicted octanol–water partition coefficient (Wildman–Crippen LogP) is 2.58. The highest BCUT2D eigenvalue weighted by Gasteiger charge is 2.46. The van der Waals surface area contributed by atoms with E-state index < -0.39 is 0 Å². The van der Waals surface area contributed by atoms with Gasteiger partial charge in [-0.2, -0.15) is 0 Å². The van der Waals surface area contributed by atoms with Gasteiger partial charge in [0.05, 0.1) is 18.8 Å². The Morgan fingerprint density at radius 2 is 2.38 bits per heavy atom. The van der Waals surface area contributed by atoms with Crippen molar-refractivity contribution >= 4 is 5.91 Å². The third-order valence-electron chi connectivity index (χ3n) is 5.19. The summed E-state index contributed by atoms with van der Waals surface area (Å²) in [4.78, 5) is 14.4. The van der Waals surface area contributed by atoms with Crippen LogP contribution in [0.25, 0.3) is 0 Å². The molecule has 3 heterocycles. The fourth-order valence-electron chi connectivity index (χ4n) is 3.62. The first-order valence-electron chi connectivity index (χ1n) is 8.09. The standard InChI is InChI=1S/C16H22N2O3/c1-2-11-8-16(20-9-11)5-6-18(10-16)15(19)13-7-14(21-17-13)12-3-4-12/h7,11-12H,2-6,8-10H2,1H3. The molecule has 1 aromatic rings. The van der Waals surface area contributed by atoms with E-state index in [1.165, 1.54) is 0 Å². The summed E-state index contributed by atoms with van der Waals surface area (Å²) in [6, 6.07) is 1.83. The van der Waals surface area contributed by atoms with Gasteiger partial charge in [-0.15, -0.1) is 0 Å². The molecule has 0 N–H and O–H groups in total. The third kappa shape index (κ3) is 2.37. The van der Waals surface area contributed by atoms with Gasteiger partial charge in [0.1, 0.15) is 5.76 Å². The Hall–Kier alpha value is -1.36. The highest BCUT2D eigenvalue weighted by molar-refractivity contribution is 5.92. The molecule has 2 atom stereocenters. The van der Waals surface area contributed by atoms with Crippen molar-refractivity contribution in [1.82, 2.24) is 10.1 Å². The van der Waals surface area contributed by atoms with E-state index in [2.05, 4.69) is 12.1 Å². The molecule has 114 valence electrons. The third-order valence-corrected chi connectivity index (χ3v) is 5.19. The summed E-state index contributed by atoms with van der Waals surface area (Å²) in [5.41, 5.74) is 0.360. The first kappa shape index (κ1) is 13.3. The smallest absolute Gasteiger partial charge is 0.276 e. The van der Waals surface area contributed by atoms with Crippen LogP contribution in [0.1, 0.15) is 61.2 Å². The number of hydrogen-bond acceptors (Lipinski definition) is 4. The minimum Gasteiger partial charge on any atom is -0.373 e. The molecular formula is C16H22N2O3. The van der Waals surface area contributed by atoms with E-state index in [9.17, 15) is 4.79 Å².